The van der Waals surface area contributed by atoms with Gasteiger partial charge in [-0.2, -0.15) is 0 Å². The number of nitrogens with two attached hydrogens (primary N) is 1. The summed E-state index contributed by atoms with van der Waals surface area (Å²) in [5.41, 5.74) is 6.55. The van der Waals surface area contributed by atoms with Crippen LogP contribution in [-0.4, -0.2) is 25.7 Å². The zero-order valence-electron chi connectivity index (χ0n) is 9.77. The Hall–Kier alpha value is -1.29. The zero-order chi connectivity index (χ0) is 12.0. The van der Waals surface area contributed by atoms with E-state index < -0.39 is 0 Å². The molecule has 0 aliphatic heterocycles. The molecule has 1 aromatic rings. The van der Waals surface area contributed by atoms with E-state index in [1.54, 1.807) is 7.11 Å². The average Bonchev–Trinajstić information content (AvgIpc) is 2.28. The first-order valence-electron chi connectivity index (χ1n) is 5.27. The monoisotopic (exact) mass is 238 g/mol. The second-order valence-electron chi connectivity index (χ2n) is 3.66. The lowest BCUT2D eigenvalue weighted by Crippen LogP contribution is -2.20. The highest BCUT2D eigenvalue weighted by molar-refractivity contribution is 7.80. The summed E-state index contributed by atoms with van der Waals surface area (Å²) in [5, 5.41) is 0. The number of methoxy groups -OCH3 is 1. The van der Waals surface area contributed by atoms with Gasteiger partial charge in [-0.3, -0.25) is 0 Å². The van der Waals surface area contributed by atoms with Crippen molar-refractivity contribution in [3.05, 3.63) is 24.3 Å². The van der Waals surface area contributed by atoms with Crippen LogP contribution >= 0.6 is 12.2 Å². The molecule has 0 unspecified atom stereocenters. The van der Waals surface area contributed by atoms with Gasteiger partial charge < -0.3 is 15.4 Å². The predicted molar refractivity (Wildman–Crippen MR) is 72.3 cm³/mol. The van der Waals surface area contributed by atoms with Crippen LogP contribution in [-0.2, 0) is 0 Å². The van der Waals surface area contributed by atoms with Gasteiger partial charge in [0.15, 0.2) is 0 Å². The van der Waals surface area contributed by atoms with Gasteiger partial charge in [0, 0.05) is 13.6 Å². The Balaban J connectivity index is 2.58. The van der Waals surface area contributed by atoms with Crippen LogP contribution in [0.25, 0.3) is 0 Å². The first-order chi connectivity index (χ1) is 7.65. The largest absolute Gasteiger partial charge is 0.495 e. The van der Waals surface area contributed by atoms with Crippen LogP contribution in [0, 0.1) is 0 Å². The number of hydrogen-bond acceptors (Lipinski definition) is 3. The van der Waals surface area contributed by atoms with Crippen LogP contribution in [0.5, 0.6) is 5.75 Å². The molecule has 0 amide bonds. The third-order valence-corrected chi connectivity index (χ3v) is 2.62. The van der Waals surface area contributed by atoms with E-state index in [9.17, 15) is 0 Å². The quantitative estimate of drug-likeness (QED) is 0.771. The van der Waals surface area contributed by atoms with E-state index in [1.807, 2.05) is 31.3 Å². The van der Waals surface area contributed by atoms with Crippen LogP contribution in [0.15, 0.2) is 24.3 Å². The Morgan fingerprint density at radius 3 is 2.75 bits per heavy atom. The van der Waals surface area contributed by atoms with Crippen molar-refractivity contribution in [2.45, 2.75) is 12.8 Å². The Kier molecular flexibility index (Phi) is 5.05. The second-order valence-corrected chi connectivity index (χ2v) is 4.19. The van der Waals surface area contributed by atoms with E-state index in [0.717, 1.165) is 30.8 Å². The molecular weight excluding hydrogens is 220 g/mol. The van der Waals surface area contributed by atoms with Crippen molar-refractivity contribution in [1.29, 1.82) is 0 Å². The molecular formula is C12H18N2OS. The minimum absolute atomic E-state index is 0.577. The summed E-state index contributed by atoms with van der Waals surface area (Å²) >= 11 is 4.85. The molecule has 0 atom stereocenters. The zero-order valence-corrected chi connectivity index (χ0v) is 10.6. The van der Waals surface area contributed by atoms with E-state index in [4.69, 9.17) is 22.7 Å². The fraction of sp³-hybridized carbons (Fsp3) is 0.417. The number of benzene rings is 1. The molecule has 0 radical (unpaired) electrons. The maximum absolute atomic E-state index is 5.46. The van der Waals surface area contributed by atoms with Gasteiger partial charge in [0.05, 0.1) is 17.8 Å². The molecule has 0 heterocycles. The molecule has 4 heteroatoms. The number of ether oxygens (including phenoxy) is 1. The molecule has 2 N–H and O–H groups in total. The summed E-state index contributed by atoms with van der Waals surface area (Å²) in [7, 11) is 3.72. The van der Waals surface area contributed by atoms with E-state index in [1.165, 1.54) is 0 Å². The second kappa shape index (κ2) is 6.33. The smallest absolute Gasteiger partial charge is 0.142 e. The van der Waals surface area contributed by atoms with Gasteiger partial charge in [0.2, 0.25) is 0 Å². The van der Waals surface area contributed by atoms with Gasteiger partial charge in [0.25, 0.3) is 0 Å². The van der Waals surface area contributed by atoms with E-state index in [0.29, 0.717) is 4.99 Å². The SMILES string of the molecule is COc1ccccc1N(C)CCCC(N)=S. The van der Waals surface area contributed by atoms with Crippen LogP contribution < -0.4 is 15.4 Å². The fourth-order valence-electron chi connectivity index (χ4n) is 1.56. The van der Waals surface area contributed by atoms with E-state index in [2.05, 4.69) is 4.90 Å². The highest BCUT2D eigenvalue weighted by Gasteiger charge is 2.06. The van der Waals surface area contributed by atoms with E-state index >= 15 is 0 Å². The molecule has 0 saturated heterocycles. The van der Waals surface area contributed by atoms with Crippen molar-refractivity contribution in [1.82, 2.24) is 0 Å². The number of rotatable bonds is 6. The molecule has 0 bridgehead atoms. The van der Waals surface area contributed by atoms with Crippen molar-refractivity contribution in [3.8, 4) is 5.75 Å². The van der Waals surface area contributed by atoms with Crippen molar-refractivity contribution in [2.75, 3.05) is 25.6 Å². The predicted octanol–water partition coefficient (Wildman–Crippen LogP) is 2.20. The lowest BCUT2D eigenvalue weighted by atomic mass is 10.2. The molecule has 1 aromatic carbocycles. The van der Waals surface area contributed by atoms with E-state index in [-0.39, 0.29) is 0 Å². The number of para-hydroxylation sites is 2. The van der Waals surface area contributed by atoms with Crippen LogP contribution in [0.4, 0.5) is 5.69 Å². The van der Waals surface area contributed by atoms with Gasteiger partial charge in [-0.15, -0.1) is 0 Å². The van der Waals surface area contributed by atoms with Crippen LogP contribution in [0.3, 0.4) is 0 Å². The molecule has 0 aromatic heterocycles. The highest BCUT2D eigenvalue weighted by Crippen LogP contribution is 2.26. The molecule has 1 rings (SSSR count). The fourth-order valence-corrected chi connectivity index (χ4v) is 1.70. The first kappa shape index (κ1) is 12.8. The number of thiocarbonyl (C=S) groups is 1. The summed E-state index contributed by atoms with van der Waals surface area (Å²) in [6.45, 7) is 0.914. The third kappa shape index (κ3) is 3.70. The highest BCUT2D eigenvalue weighted by atomic mass is 32.1. The normalized spacial score (nSPS) is 9.88. The van der Waals surface area contributed by atoms with Gasteiger partial charge in [-0.05, 0) is 25.0 Å². The summed E-state index contributed by atoms with van der Waals surface area (Å²) in [6, 6.07) is 7.96. The molecule has 0 spiro atoms. The number of hydrogen-bond donors (Lipinski definition) is 1. The van der Waals surface area contributed by atoms with Crippen LogP contribution in [0.2, 0.25) is 0 Å². The van der Waals surface area contributed by atoms with Crippen molar-refractivity contribution < 1.29 is 4.74 Å². The molecule has 0 aliphatic carbocycles. The minimum Gasteiger partial charge on any atom is -0.495 e. The third-order valence-electron chi connectivity index (χ3n) is 2.41. The summed E-state index contributed by atoms with van der Waals surface area (Å²) < 4.78 is 5.30. The minimum atomic E-state index is 0.577. The lowest BCUT2D eigenvalue weighted by Gasteiger charge is -2.21. The molecule has 16 heavy (non-hydrogen) atoms. The summed E-state index contributed by atoms with van der Waals surface area (Å²) in [6.07, 6.45) is 1.75. The molecule has 0 fully saturated rings. The van der Waals surface area contributed by atoms with Gasteiger partial charge in [-0.25, -0.2) is 0 Å². The summed E-state index contributed by atoms with van der Waals surface area (Å²) in [5.74, 6) is 0.889. The maximum atomic E-state index is 5.46. The Morgan fingerprint density at radius 1 is 1.44 bits per heavy atom. The maximum Gasteiger partial charge on any atom is 0.142 e. The molecule has 0 aliphatic rings. The molecule has 88 valence electrons. The Morgan fingerprint density at radius 2 is 2.12 bits per heavy atom. The number of nitrogens with zero attached hydrogens (tertiary/aromatic N) is 1. The number of anilines is 1. The Bertz CT molecular complexity index is 355. The lowest BCUT2D eigenvalue weighted by molar-refractivity contribution is 0.415. The standard InChI is InChI=1S/C12H18N2OS/c1-14(9-5-8-12(13)16)10-6-3-4-7-11(10)15-2/h3-4,6-7H,5,8-9H2,1-2H3,(H2,13,16). The van der Waals surface area contributed by atoms with Gasteiger partial charge >= 0.3 is 0 Å². The molecule has 3 nitrogen and oxygen atoms in total. The topological polar surface area (TPSA) is 38.5 Å². The first-order valence-corrected chi connectivity index (χ1v) is 5.68. The Labute approximate surface area is 102 Å². The van der Waals surface area contributed by atoms with Crippen molar-refractivity contribution in [2.24, 2.45) is 5.73 Å². The molecule has 0 saturated carbocycles. The van der Waals surface area contributed by atoms with Crippen molar-refractivity contribution >= 4 is 22.9 Å². The van der Waals surface area contributed by atoms with Crippen LogP contribution in [0.1, 0.15) is 12.8 Å². The average molecular weight is 238 g/mol. The van der Waals surface area contributed by atoms with Gasteiger partial charge in [0.1, 0.15) is 5.75 Å². The van der Waals surface area contributed by atoms with Crippen molar-refractivity contribution in [3.63, 3.8) is 0 Å². The van der Waals surface area contributed by atoms with Gasteiger partial charge in [-0.1, -0.05) is 24.4 Å². The summed E-state index contributed by atoms with van der Waals surface area (Å²) in [4.78, 5) is 2.73.